The summed E-state index contributed by atoms with van der Waals surface area (Å²) in [5.74, 6) is 0.972. The highest BCUT2D eigenvalue weighted by Crippen LogP contribution is 2.22. The predicted octanol–water partition coefficient (Wildman–Crippen LogP) is 2.96. The first-order valence-corrected chi connectivity index (χ1v) is 10.0. The number of nitrogens with one attached hydrogen (secondary N) is 2. The van der Waals surface area contributed by atoms with Gasteiger partial charge < -0.3 is 9.26 Å². The number of hydrazine groups is 1. The maximum absolute atomic E-state index is 11.9. The van der Waals surface area contributed by atoms with Gasteiger partial charge in [0.05, 0.1) is 4.88 Å². The zero-order chi connectivity index (χ0) is 20.6. The number of rotatable bonds is 8. The first-order valence-electron chi connectivity index (χ1n) is 9.16. The molecule has 0 saturated carbocycles. The molecule has 0 radical (unpaired) electrons. The molecule has 0 fully saturated rings. The largest absolute Gasteiger partial charge is 0.483 e. The van der Waals surface area contributed by atoms with Crippen LogP contribution in [0.15, 0.2) is 40.2 Å². The number of hydrogen-bond donors (Lipinski definition) is 2. The topological polar surface area (TPSA) is 106 Å². The molecule has 2 N–H and O–H groups in total. The lowest BCUT2D eigenvalue weighted by molar-refractivity contribution is -0.130. The third-order valence-electron chi connectivity index (χ3n) is 4.10. The summed E-state index contributed by atoms with van der Waals surface area (Å²) < 4.78 is 10.7. The van der Waals surface area contributed by atoms with Crippen LogP contribution in [0.1, 0.15) is 29.9 Å². The van der Waals surface area contributed by atoms with E-state index in [2.05, 4.69) is 21.0 Å². The van der Waals surface area contributed by atoms with Crippen LogP contribution in [0.5, 0.6) is 5.75 Å². The van der Waals surface area contributed by atoms with Crippen molar-refractivity contribution in [2.75, 3.05) is 6.61 Å². The normalized spacial score (nSPS) is 10.6. The van der Waals surface area contributed by atoms with Crippen molar-refractivity contribution < 1.29 is 18.8 Å². The summed E-state index contributed by atoms with van der Waals surface area (Å²) in [4.78, 5) is 29.0. The molecule has 0 saturated heterocycles. The van der Waals surface area contributed by atoms with Crippen LogP contribution in [0.25, 0.3) is 10.7 Å². The Hall–Kier alpha value is -3.20. The Morgan fingerprint density at radius 2 is 1.86 bits per heavy atom. The molecular formula is C20H22N4O4S. The molecule has 2 aromatic heterocycles. The summed E-state index contributed by atoms with van der Waals surface area (Å²) >= 11 is 1.53. The van der Waals surface area contributed by atoms with Gasteiger partial charge in [0.25, 0.3) is 5.91 Å². The molecule has 1 aromatic carbocycles. The van der Waals surface area contributed by atoms with Crippen LogP contribution >= 0.6 is 11.3 Å². The molecule has 0 aliphatic heterocycles. The number of aromatic nitrogens is 2. The van der Waals surface area contributed by atoms with E-state index in [9.17, 15) is 9.59 Å². The van der Waals surface area contributed by atoms with Crippen LogP contribution in [0, 0.1) is 13.8 Å². The fraction of sp³-hybridized carbons (Fsp3) is 0.300. The number of hydrogen-bond acceptors (Lipinski definition) is 7. The summed E-state index contributed by atoms with van der Waals surface area (Å²) in [6, 6.07) is 9.58. The van der Waals surface area contributed by atoms with Crippen LogP contribution in [0.3, 0.4) is 0 Å². The van der Waals surface area contributed by atoms with E-state index < -0.39 is 5.91 Å². The van der Waals surface area contributed by atoms with Crippen LogP contribution in [0.2, 0.25) is 0 Å². The van der Waals surface area contributed by atoms with E-state index in [0.717, 1.165) is 16.0 Å². The second-order valence-electron chi connectivity index (χ2n) is 6.45. The molecule has 0 unspecified atom stereocenters. The molecule has 2 amide bonds. The third kappa shape index (κ3) is 5.89. The molecule has 0 spiro atoms. The highest BCUT2D eigenvalue weighted by Gasteiger charge is 2.11. The van der Waals surface area contributed by atoms with Crippen molar-refractivity contribution in [3.63, 3.8) is 0 Å². The van der Waals surface area contributed by atoms with Crippen molar-refractivity contribution in [2.24, 2.45) is 0 Å². The second-order valence-corrected chi connectivity index (χ2v) is 7.40. The Kier molecular flexibility index (Phi) is 6.96. The number of para-hydroxylation sites is 1. The van der Waals surface area contributed by atoms with Crippen molar-refractivity contribution >= 4 is 23.2 Å². The molecule has 0 atom stereocenters. The highest BCUT2D eigenvalue weighted by molar-refractivity contribution is 7.13. The molecule has 3 rings (SSSR count). The molecule has 3 aromatic rings. The number of nitrogens with zero attached hydrogens (tertiary/aromatic N) is 2. The Labute approximate surface area is 172 Å². The van der Waals surface area contributed by atoms with Crippen molar-refractivity contribution in [2.45, 2.75) is 33.1 Å². The molecule has 9 heteroatoms. The van der Waals surface area contributed by atoms with Crippen LogP contribution in [-0.2, 0) is 16.0 Å². The van der Waals surface area contributed by atoms with Crippen LogP contribution < -0.4 is 15.6 Å². The van der Waals surface area contributed by atoms with Gasteiger partial charge in [-0.2, -0.15) is 4.98 Å². The zero-order valence-electron chi connectivity index (χ0n) is 16.2. The summed E-state index contributed by atoms with van der Waals surface area (Å²) in [6.07, 6.45) is 1.22. The Morgan fingerprint density at radius 1 is 1.10 bits per heavy atom. The Balaban J connectivity index is 1.34. The molecule has 2 heterocycles. The van der Waals surface area contributed by atoms with Gasteiger partial charge in [-0.25, -0.2) is 0 Å². The fourth-order valence-electron chi connectivity index (χ4n) is 2.67. The number of aryl methyl sites for hydroxylation is 3. The van der Waals surface area contributed by atoms with Crippen LogP contribution in [-0.4, -0.2) is 28.6 Å². The van der Waals surface area contributed by atoms with Crippen molar-refractivity contribution in [1.29, 1.82) is 0 Å². The number of benzene rings is 1. The highest BCUT2D eigenvalue weighted by atomic mass is 32.1. The number of carbonyl (C=O) groups excluding carboxylic acids is 2. The minimum absolute atomic E-state index is 0.181. The van der Waals surface area contributed by atoms with Gasteiger partial charge in [-0.05, 0) is 42.8 Å². The van der Waals surface area contributed by atoms with E-state index in [1.165, 1.54) is 11.3 Å². The van der Waals surface area contributed by atoms with Gasteiger partial charge in [-0.15, -0.1) is 11.3 Å². The minimum Gasteiger partial charge on any atom is -0.483 e. The average Bonchev–Trinajstić information content (AvgIpc) is 3.38. The van der Waals surface area contributed by atoms with Gasteiger partial charge in [0.15, 0.2) is 6.61 Å². The van der Waals surface area contributed by atoms with E-state index >= 15 is 0 Å². The first kappa shape index (κ1) is 20.5. The van der Waals surface area contributed by atoms with Gasteiger partial charge in [-0.1, -0.05) is 29.4 Å². The summed E-state index contributed by atoms with van der Waals surface area (Å²) in [5.41, 5.74) is 6.63. The Morgan fingerprint density at radius 3 is 2.59 bits per heavy atom. The third-order valence-corrected chi connectivity index (χ3v) is 4.97. The number of carbonyl (C=O) groups is 2. The number of amides is 2. The van der Waals surface area contributed by atoms with Crippen molar-refractivity contribution in [1.82, 2.24) is 21.0 Å². The maximum Gasteiger partial charge on any atom is 0.276 e. The smallest absolute Gasteiger partial charge is 0.276 e. The van der Waals surface area contributed by atoms with Crippen LogP contribution in [0.4, 0.5) is 0 Å². The molecule has 152 valence electrons. The molecule has 29 heavy (non-hydrogen) atoms. The molecule has 8 nitrogen and oxygen atoms in total. The van der Waals surface area contributed by atoms with Gasteiger partial charge in [0.1, 0.15) is 5.75 Å². The number of ether oxygens (including phenoxy) is 1. The van der Waals surface area contributed by atoms with Crippen molar-refractivity contribution in [3.05, 3.63) is 52.7 Å². The maximum atomic E-state index is 11.9. The monoisotopic (exact) mass is 414 g/mol. The second kappa shape index (κ2) is 9.83. The minimum atomic E-state index is -0.432. The summed E-state index contributed by atoms with van der Waals surface area (Å²) in [7, 11) is 0. The zero-order valence-corrected chi connectivity index (χ0v) is 17.0. The summed E-state index contributed by atoms with van der Waals surface area (Å²) in [6.45, 7) is 3.64. The van der Waals surface area contributed by atoms with E-state index in [0.29, 0.717) is 30.3 Å². The van der Waals surface area contributed by atoms with E-state index in [1.807, 2.05) is 49.6 Å². The van der Waals surface area contributed by atoms with E-state index in [1.54, 1.807) is 0 Å². The predicted molar refractivity (Wildman–Crippen MR) is 108 cm³/mol. The number of thiophene rings is 1. The summed E-state index contributed by atoms with van der Waals surface area (Å²) in [5, 5.41) is 5.87. The molecule has 0 bridgehead atoms. The van der Waals surface area contributed by atoms with Gasteiger partial charge >= 0.3 is 0 Å². The lowest BCUT2D eigenvalue weighted by Crippen LogP contribution is -2.43. The average molecular weight is 414 g/mol. The van der Waals surface area contributed by atoms with E-state index in [-0.39, 0.29) is 18.9 Å². The van der Waals surface area contributed by atoms with Gasteiger partial charge in [0, 0.05) is 12.8 Å². The fourth-order valence-corrected chi connectivity index (χ4v) is 3.31. The lowest BCUT2D eigenvalue weighted by Gasteiger charge is -2.12. The molecule has 0 aliphatic rings. The standard InChI is InChI=1S/C20H22N4O4S/c1-13-6-3-7-14(2)19(13)27-12-17(26)23-22-16(25)9-4-10-18-21-20(24-28-18)15-8-5-11-29-15/h3,5-8,11H,4,9-10,12H2,1-2H3,(H,22,25)(H,23,26). The van der Waals surface area contributed by atoms with Crippen molar-refractivity contribution in [3.8, 4) is 16.5 Å². The quantitative estimate of drug-likeness (QED) is 0.549. The van der Waals surface area contributed by atoms with Gasteiger partial charge in [0.2, 0.25) is 17.6 Å². The molecule has 0 aliphatic carbocycles. The molecular weight excluding hydrogens is 392 g/mol. The SMILES string of the molecule is Cc1cccc(C)c1OCC(=O)NNC(=O)CCCc1nc(-c2cccs2)no1. The van der Waals surface area contributed by atoms with Gasteiger partial charge in [-0.3, -0.25) is 20.4 Å². The first-order chi connectivity index (χ1) is 14.0. The Bertz CT molecular complexity index is 949. The van der Waals surface area contributed by atoms with E-state index in [4.69, 9.17) is 9.26 Å². The lowest BCUT2D eigenvalue weighted by atomic mass is 10.1.